The van der Waals surface area contributed by atoms with E-state index in [4.69, 9.17) is 22.3 Å². The molecule has 3 aromatic rings. The van der Waals surface area contributed by atoms with Crippen LogP contribution in [-0.2, 0) is 11.2 Å². The van der Waals surface area contributed by atoms with Crippen molar-refractivity contribution in [1.29, 1.82) is 10.8 Å². The molecule has 0 bridgehead atoms. The standard InChI is InChI=1S/C23H28N6O2/c1-12(2)19(23(30)31)28-10-9-17-16-8-7-15(22(26)27)11-18(16)29-20(17)13-3-5-14(6-4-13)21(24)25/h3-8,11-12,19,28-29H,9-10H2,1-2H3,(H3,24,25)(H3,26,27)(H,30,31). The number of nitrogen functional groups attached to an aromatic ring is 2. The second-order valence-electron chi connectivity index (χ2n) is 7.91. The molecule has 0 spiro atoms. The van der Waals surface area contributed by atoms with Gasteiger partial charge in [-0.05, 0) is 29.5 Å². The molecule has 0 amide bonds. The van der Waals surface area contributed by atoms with E-state index in [0.717, 1.165) is 27.7 Å². The summed E-state index contributed by atoms with van der Waals surface area (Å²) in [7, 11) is 0. The number of hydrogen-bond acceptors (Lipinski definition) is 4. The van der Waals surface area contributed by atoms with Crippen molar-refractivity contribution in [3.8, 4) is 11.3 Å². The summed E-state index contributed by atoms with van der Waals surface area (Å²) >= 11 is 0. The third kappa shape index (κ3) is 4.75. The first-order chi connectivity index (χ1) is 14.7. The number of nitrogens with two attached hydrogens (primary N) is 2. The number of H-pyrrole nitrogens is 1. The molecule has 1 heterocycles. The topological polar surface area (TPSA) is 165 Å². The number of aliphatic carboxylic acids is 1. The van der Waals surface area contributed by atoms with Gasteiger partial charge in [0.25, 0.3) is 0 Å². The summed E-state index contributed by atoms with van der Waals surface area (Å²) in [5, 5.41) is 28.9. The Balaban J connectivity index is 2.00. The van der Waals surface area contributed by atoms with Crippen LogP contribution in [0.3, 0.4) is 0 Å². The molecule has 0 radical (unpaired) electrons. The van der Waals surface area contributed by atoms with Crippen molar-refractivity contribution in [3.05, 3.63) is 59.2 Å². The minimum atomic E-state index is -0.861. The molecule has 8 nitrogen and oxygen atoms in total. The van der Waals surface area contributed by atoms with Gasteiger partial charge in [-0.25, -0.2) is 0 Å². The Hall–Kier alpha value is -3.65. The summed E-state index contributed by atoms with van der Waals surface area (Å²) < 4.78 is 0. The lowest BCUT2D eigenvalue weighted by Gasteiger charge is -2.18. The molecular formula is C23H28N6O2. The Morgan fingerprint density at radius 2 is 1.68 bits per heavy atom. The van der Waals surface area contributed by atoms with E-state index in [1.165, 1.54) is 0 Å². The number of nitrogens with one attached hydrogen (secondary N) is 4. The Kier molecular flexibility index (Phi) is 6.41. The molecule has 3 rings (SSSR count). The van der Waals surface area contributed by atoms with Crippen molar-refractivity contribution < 1.29 is 9.90 Å². The van der Waals surface area contributed by atoms with E-state index in [1.807, 2.05) is 44.2 Å². The van der Waals surface area contributed by atoms with E-state index in [9.17, 15) is 9.90 Å². The van der Waals surface area contributed by atoms with Crippen LogP contribution in [0.5, 0.6) is 0 Å². The zero-order valence-corrected chi connectivity index (χ0v) is 17.6. The van der Waals surface area contributed by atoms with E-state index in [1.54, 1.807) is 12.1 Å². The quantitative estimate of drug-likeness (QED) is 0.208. The number of carboxylic acid groups (broad SMARTS) is 1. The van der Waals surface area contributed by atoms with Crippen molar-refractivity contribution in [3.63, 3.8) is 0 Å². The average molecular weight is 421 g/mol. The number of hydrogen-bond donors (Lipinski definition) is 7. The second-order valence-corrected chi connectivity index (χ2v) is 7.91. The summed E-state index contributed by atoms with van der Waals surface area (Å²) in [5.74, 6) is -0.891. The van der Waals surface area contributed by atoms with E-state index >= 15 is 0 Å². The molecule has 2 aromatic carbocycles. The van der Waals surface area contributed by atoms with Crippen molar-refractivity contribution in [1.82, 2.24) is 10.3 Å². The Morgan fingerprint density at radius 3 is 2.23 bits per heavy atom. The minimum Gasteiger partial charge on any atom is -0.480 e. The van der Waals surface area contributed by atoms with Crippen molar-refractivity contribution >= 4 is 28.5 Å². The SMILES string of the molecule is CC(C)C(NCCc1c(-c2ccc(C(=N)N)cc2)[nH]c2cc(C(=N)N)ccc12)C(=O)O. The first-order valence-electron chi connectivity index (χ1n) is 10.1. The zero-order chi connectivity index (χ0) is 22.7. The van der Waals surface area contributed by atoms with Crippen molar-refractivity contribution in [2.75, 3.05) is 6.54 Å². The van der Waals surface area contributed by atoms with E-state index in [-0.39, 0.29) is 17.6 Å². The molecule has 0 aliphatic rings. The lowest BCUT2D eigenvalue weighted by Crippen LogP contribution is -2.41. The largest absolute Gasteiger partial charge is 0.480 e. The summed E-state index contributed by atoms with van der Waals surface area (Å²) in [6, 6.07) is 12.4. The van der Waals surface area contributed by atoms with Crippen LogP contribution in [0.15, 0.2) is 42.5 Å². The molecule has 31 heavy (non-hydrogen) atoms. The van der Waals surface area contributed by atoms with E-state index in [2.05, 4.69) is 10.3 Å². The monoisotopic (exact) mass is 420 g/mol. The van der Waals surface area contributed by atoms with Gasteiger partial charge in [-0.3, -0.25) is 15.6 Å². The number of benzene rings is 2. The Morgan fingerprint density at radius 1 is 1.06 bits per heavy atom. The van der Waals surface area contributed by atoms with Crippen LogP contribution in [-0.4, -0.2) is 40.3 Å². The summed E-state index contributed by atoms with van der Waals surface area (Å²) in [6.07, 6.45) is 0.611. The van der Waals surface area contributed by atoms with Gasteiger partial charge in [-0.1, -0.05) is 50.2 Å². The van der Waals surface area contributed by atoms with Crippen LogP contribution < -0.4 is 16.8 Å². The normalized spacial score (nSPS) is 12.2. The molecule has 9 N–H and O–H groups in total. The second kappa shape index (κ2) is 9.01. The van der Waals surface area contributed by atoms with E-state index in [0.29, 0.717) is 24.1 Å². The van der Waals surface area contributed by atoms with Gasteiger partial charge in [0.2, 0.25) is 0 Å². The maximum Gasteiger partial charge on any atom is 0.320 e. The molecule has 1 unspecified atom stereocenters. The van der Waals surface area contributed by atoms with Crippen LogP contribution in [0.2, 0.25) is 0 Å². The fourth-order valence-electron chi connectivity index (χ4n) is 3.71. The van der Waals surface area contributed by atoms with Gasteiger partial charge in [0.05, 0.1) is 0 Å². The predicted molar refractivity (Wildman–Crippen MR) is 124 cm³/mol. The van der Waals surface area contributed by atoms with Gasteiger partial charge >= 0.3 is 5.97 Å². The highest BCUT2D eigenvalue weighted by Gasteiger charge is 2.21. The average Bonchev–Trinajstić information content (AvgIpc) is 3.08. The lowest BCUT2D eigenvalue weighted by molar-refractivity contribution is -0.140. The molecule has 0 aliphatic heterocycles. The van der Waals surface area contributed by atoms with Crippen LogP contribution in [0.25, 0.3) is 22.2 Å². The molecule has 0 aliphatic carbocycles. The van der Waals surface area contributed by atoms with Crippen molar-refractivity contribution in [2.45, 2.75) is 26.3 Å². The van der Waals surface area contributed by atoms with Crippen LogP contribution >= 0.6 is 0 Å². The molecule has 1 atom stereocenters. The molecule has 0 saturated carbocycles. The molecule has 1 aromatic heterocycles. The molecule has 0 fully saturated rings. The van der Waals surface area contributed by atoms with Gasteiger partial charge in [0.15, 0.2) is 0 Å². The third-order valence-electron chi connectivity index (χ3n) is 5.37. The van der Waals surface area contributed by atoms with Crippen LogP contribution in [0.4, 0.5) is 0 Å². The number of carboxylic acids is 1. The number of aromatic amines is 1. The number of amidine groups is 2. The fraction of sp³-hybridized carbons (Fsp3) is 0.261. The maximum absolute atomic E-state index is 11.5. The first kappa shape index (κ1) is 22.0. The summed E-state index contributed by atoms with van der Waals surface area (Å²) in [4.78, 5) is 14.9. The zero-order valence-electron chi connectivity index (χ0n) is 17.6. The molecule has 162 valence electrons. The first-order valence-corrected chi connectivity index (χ1v) is 10.1. The van der Waals surface area contributed by atoms with Gasteiger partial charge < -0.3 is 26.9 Å². The number of rotatable bonds is 9. The van der Waals surface area contributed by atoms with Gasteiger partial charge in [0.1, 0.15) is 17.7 Å². The van der Waals surface area contributed by atoms with Gasteiger partial charge in [-0.15, -0.1) is 0 Å². The smallest absolute Gasteiger partial charge is 0.320 e. The number of aromatic nitrogens is 1. The molecule has 8 heteroatoms. The molecular weight excluding hydrogens is 392 g/mol. The maximum atomic E-state index is 11.5. The number of fused-ring (bicyclic) bond motifs is 1. The van der Waals surface area contributed by atoms with Gasteiger partial charge in [-0.2, -0.15) is 0 Å². The Labute approximate surface area is 180 Å². The fourth-order valence-corrected chi connectivity index (χ4v) is 3.71. The summed E-state index contributed by atoms with van der Waals surface area (Å²) in [6.45, 7) is 4.25. The van der Waals surface area contributed by atoms with E-state index < -0.39 is 12.0 Å². The Bertz CT molecular complexity index is 1130. The summed E-state index contributed by atoms with van der Waals surface area (Å²) in [5.41, 5.74) is 16.2. The lowest BCUT2D eigenvalue weighted by atomic mass is 10.00. The highest BCUT2D eigenvalue weighted by molar-refractivity contribution is 6.01. The van der Waals surface area contributed by atoms with Crippen LogP contribution in [0, 0.1) is 16.7 Å². The predicted octanol–water partition coefficient (Wildman–Crippen LogP) is 2.64. The highest BCUT2D eigenvalue weighted by atomic mass is 16.4. The number of carbonyl (C=O) groups is 1. The van der Waals surface area contributed by atoms with Crippen molar-refractivity contribution in [2.24, 2.45) is 17.4 Å². The highest BCUT2D eigenvalue weighted by Crippen LogP contribution is 2.31. The van der Waals surface area contributed by atoms with Crippen LogP contribution in [0.1, 0.15) is 30.5 Å². The molecule has 0 saturated heterocycles. The van der Waals surface area contributed by atoms with Gasteiger partial charge in [0, 0.05) is 34.3 Å². The third-order valence-corrected chi connectivity index (χ3v) is 5.37. The minimum absolute atomic E-state index is 0.00619.